The van der Waals surface area contributed by atoms with E-state index in [9.17, 15) is 22.8 Å². The van der Waals surface area contributed by atoms with Crippen LogP contribution in [0.3, 0.4) is 0 Å². The van der Waals surface area contributed by atoms with Crippen LogP contribution in [-0.2, 0) is 19.7 Å². The first kappa shape index (κ1) is 23.2. The minimum Gasteiger partial charge on any atom is -0.379 e. The topological polar surface area (TPSA) is 110 Å². The average Bonchev–Trinajstić information content (AvgIpc) is 2.78. The molecule has 0 bridgehead atoms. The number of para-hydroxylation sites is 1. The van der Waals surface area contributed by atoms with Crippen LogP contribution in [0.5, 0.6) is 5.75 Å². The number of rotatable bonds is 5. The molecule has 3 aromatic rings. The van der Waals surface area contributed by atoms with E-state index in [1.807, 2.05) is 6.92 Å². The number of amides is 4. The molecule has 0 unspecified atom stereocenters. The van der Waals surface area contributed by atoms with E-state index in [0.717, 1.165) is 10.5 Å². The third-order valence-corrected chi connectivity index (χ3v) is 6.46. The zero-order valence-electron chi connectivity index (χ0n) is 17.7. The van der Waals surface area contributed by atoms with Gasteiger partial charge in [0.05, 0.1) is 10.7 Å². The minimum absolute atomic E-state index is 0.0161. The SMILES string of the molecule is Cc1ccc(S(=O)(=O)Oc2cccc(/C=C3/C(=O)NC(=O)N(c4ccccc4Cl)C3=O)c2)cc1. The van der Waals surface area contributed by atoms with Gasteiger partial charge in [0.15, 0.2) is 0 Å². The minimum atomic E-state index is -4.09. The molecule has 4 amide bonds. The van der Waals surface area contributed by atoms with Gasteiger partial charge in [-0.15, -0.1) is 0 Å². The summed E-state index contributed by atoms with van der Waals surface area (Å²) in [6, 6.07) is 17.3. The predicted molar refractivity (Wildman–Crippen MR) is 126 cm³/mol. The smallest absolute Gasteiger partial charge is 0.339 e. The zero-order valence-corrected chi connectivity index (χ0v) is 19.3. The maximum absolute atomic E-state index is 13.0. The summed E-state index contributed by atoms with van der Waals surface area (Å²) in [5.41, 5.74) is 0.986. The number of nitrogens with one attached hydrogen (secondary N) is 1. The Morgan fingerprint density at radius 1 is 0.941 bits per heavy atom. The molecular weight excluding hydrogens is 480 g/mol. The highest BCUT2D eigenvalue weighted by Gasteiger charge is 2.37. The monoisotopic (exact) mass is 496 g/mol. The summed E-state index contributed by atoms with van der Waals surface area (Å²) in [6.45, 7) is 1.83. The van der Waals surface area contributed by atoms with Crippen LogP contribution in [0.25, 0.3) is 6.08 Å². The third-order valence-electron chi connectivity index (χ3n) is 4.88. The van der Waals surface area contributed by atoms with E-state index in [0.29, 0.717) is 5.56 Å². The highest BCUT2D eigenvalue weighted by molar-refractivity contribution is 7.87. The molecule has 3 aromatic carbocycles. The van der Waals surface area contributed by atoms with Crippen molar-refractivity contribution in [3.8, 4) is 5.75 Å². The summed E-state index contributed by atoms with van der Waals surface area (Å²) < 4.78 is 30.4. The van der Waals surface area contributed by atoms with Crippen molar-refractivity contribution in [3.05, 3.63) is 94.5 Å². The van der Waals surface area contributed by atoms with E-state index in [1.54, 1.807) is 30.3 Å². The summed E-state index contributed by atoms with van der Waals surface area (Å²) >= 11 is 6.12. The molecule has 8 nitrogen and oxygen atoms in total. The Morgan fingerprint density at radius 2 is 1.65 bits per heavy atom. The summed E-state index contributed by atoms with van der Waals surface area (Å²) in [6.07, 6.45) is 1.24. The van der Waals surface area contributed by atoms with Crippen LogP contribution in [0.15, 0.2) is 83.3 Å². The Kier molecular flexibility index (Phi) is 6.23. The van der Waals surface area contributed by atoms with Gasteiger partial charge in [-0.05, 0) is 55.0 Å². The number of hydrogen-bond acceptors (Lipinski definition) is 6. The molecule has 1 N–H and O–H groups in total. The Balaban J connectivity index is 1.65. The van der Waals surface area contributed by atoms with Crippen LogP contribution in [0, 0.1) is 6.92 Å². The second-order valence-electron chi connectivity index (χ2n) is 7.33. The van der Waals surface area contributed by atoms with Gasteiger partial charge in [0, 0.05) is 0 Å². The van der Waals surface area contributed by atoms with Gasteiger partial charge in [0.25, 0.3) is 11.8 Å². The molecule has 1 saturated heterocycles. The molecule has 4 rings (SSSR count). The molecule has 1 fully saturated rings. The second-order valence-corrected chi connectivity index (χ2v) is 9.29. The number of benzene rings is 3. The lowest BCUT2D eigenvalue weighted by Gasteiger charge is -2.27. The number of anilines is 1. The first-order valence-corrected chi connectivity index (χ1v) is 11.7. The zero-order chi connectivity index (χ0) is 24.5. The lowest BCUT2D eigenvalue weighted by atomic mass is 10.1. The molecule has 0 saturated carbocycles. The maximum atomic E-state index is 13.0. The normalized spacial score (nSPS) is 15.4. The summed E-state index contributed by atoms with van der Waals surface area (Å²) in [7, 11) is -4.09. The molecule has 0 radical (unpaired) electrons. The van der Waals surface area contributed by atoms with Crippen LogP contribution in [-0.4, -0.2) is 26.3 Å². The van der Waals surface area contributed by atoms with E-state index in [4.69, 9.17) is 15.8 Å². The Bertz CT molecular complexity index is 1450. The second kappa shape index (κ2) is 9.12. The Hall–Kier alpha value is -3.95. The molecule has 1 heterocycles. The lowest BCUT2D eigenvalue weighted by Crippen LogP contribution is -2.54. The number of imide groups is 2. The van der Waals surface area contributed by atoms with Gasteiger partial charge in [0.2, 0.25) is 0 Å². The van der Waals surface area contributed by atoms with Crippen molar-refractivity contribution in [3.63, 3.8) is 0 Å². The van der Waals surface area contributed by atoms with Crippen LogP contribution in [0.2, 0.25) is 5.02 Å². The average molecular weight is 497 g/mol. The molecule has 0 spiro atoms. The van der Waals surface area contributed by atoms with E-state index >= 15 is 0 Å². The molecule has 0 aliphatic carbocycles. The van der Waals surface area contributed by atoms with Gasteiger partial charge >= 0.3 is 16.1 Å². The standard InChI is InChI=1S/C24H17ClN2O6S/c1-15-9-11-18(12-10-15)34(31,32)33-17-6-4-5-16(13-17)14-19-22(28)26-24(30)27(23(19)29)21-8-3-2-7-20(21)25/h2-14H,1H3,(H,26,28,30)/b19-14-. The quantitative estimate of drug-likeness (QED) is 0.324. The van der Waals surface area contributed by atoms with Crippen LogP contribution >= 0.6 is 11.6 Å². The summed E-state index contributed by atoms with van der Waals surface area (Å²) in [5.74, 6) is -1.78. The number of nitrogens with zero attached hydrogens (tertiary/aromatic N) is 1. The maximum Gasteiger partial charge on any atom is 0.339 e. The van der Waals surface area contributed by atoms with E-state index in [-0.39, 0.29) is 26.9 Å². The number of carbonyl (C=O) groups is 3. The van der Waals surface area contributed by atoms with Gasteiger partial charge < -0.3 is 4.18 Å². The number of urea groups is 1. The van der Waals surface area contributed by atoms with Crippen LogP contribution < -0.4 is 14.4 Å². The molecule has 172 valence electrons. The van der Waals surface area contributed by atoms with Crippen molar-refractivity contribution in [2.24, 2.45) is 0 Å². The molecule has 0 aromatic heterocycles. The number of halogens is 1. The molecule has 10 heteroatoms. The molecule has 34 heavy (non-hydrogen) atoms. The van der Waals surface area contributed by atoms with E-state index in [2.05, 4.69) is 5.32 Å². The van der Waals surface area contributed by atoms with Crippen molar-refractivity contribution < 1.29 is 27.0 Å². The van der Waals surface area contributed by atoms with Crippen molar-refractivity contribution in [1.82, 2.24) is 5.32 Å². The van der Waals surface area contributed by atoms with Gasteiger partial charge in [0.1, 0.15) is 16.2 Å². The van der Waals surface area contributed by atoms with E-state index in [1.165, 1.54) is 48.5 Å². The van der Waals surface area contributed by atoms with Gasteiger partial charge in [-0.3, -0.25) is 14.9 Å². The third kappa shape index (κ3) is 4.70. The molecule has 0 atom stereocenters. The van der Waals surface area contributed by atoms with Gasteiger partial charge in [-0.1, -0.05) is 53.6 Å². The summed E-state index contributed by atoms with van der Waals surface area (Å²) in [4.78, 5) is 38.5. The Labute approximate surface area is 200 Å². The summed E-state index contributed by atoms with van der Waals surface area (Å²) in [5, 5.41) is 2.26. The number of carbonyl (C=O) groups excluding carboxylic acids is 3. The Morgan fingerprint density at radius 3 is 2.35 bits per heavy atom. The van der Waals surface area contributed by atoms with Crippen LogP contribution in [0.4, 0.5) is 10.5 Å². The lowest BCUT2D eigenvalue weighted by molar-refractivity contribution is -0.122. The molecule has 1 aliphatic rings. The van der Waals surface area contributed by atoms with Crippen molar-refractivity contribution in [2.75, 3.05) is 4.90 Å². The predicted octanol–water partition coefficient (Wildman–Crippen LogP) is 4.08. The molecular formula is C24H17ClN2O6S. The fraction of sp³-hybridized carbons (Fsp3) is 0.0417. The number of hydrogen-bond donors (Lipinski definition) is 1. The highest BCUT2D eigenvalue weighted by atomic mass is 35.5. The first-order chi connectivity index (χ1) is 16.2. The van der Waals surface area contributed by atoms with Crippen molar-refractivity contribution in [2.45, 2.75) is 11.8 Å². The fourth-order valence-electron chi connectivity index (χ4n) is 3.21. The van der Waals surface area contributed by atoms with Crippen molar-refractivity contribution >= 4 is 51.3 Å². The number of aryl methyl sites for hydroxylation is 1. The molecule has 1 aliphatic heterocycles. The van der Waals surface area contributed by atoms with Gasteiger partial charge in [-0.25, -0.2) is 9.69 Å². The number of barbiturate groups is 1. The fourth-order valence-corrected chi connectivity index (χ4v) is 4.35. The first-order valence-electron chi connectivity index (χ1n) is 9.93. The largest absolute Gasteiger partial charge is 0.379 e. The highest BCUT2D eigenvalue weighted by Crippen LogP contribution is 2.29. The van der Waals surface area contributed by atoms with E-state index < -0.39 is 28.0 Å². The van der Waals surface area contributed by atoms with Crippen molar-refractivity contribution in [1.29, 1.82) is 0 Å². The van der Waals surface area contributed by atoms with Gasteiger partial charge in [-0.2, -0.15) is 8.42 Å². The van der Waals surface area contributed by atoms with Crippen LogP contribution in [0.1, 0.15) is 11.1 Å².